The zero-order chi connectivity index (χ0) is 7.56. The fourth-order valence-electron chi connectivity index (χ4n) is 0.608. The van der Waals surface area contributed by atoms with Gasteiger partial charge in [-0.05, 0) is 18.2 Å². The second-order valence-electron chi connectivity index (χ2n) is 1.77. The Kier molecular flexibility index (Phi) is 1.68. The first kappa shape index (κ1) is 6.76. The smallest absolute Gasteiger partial charge is 0.139 e. The zero-order valence-corrected chi connectivity index (χ0v) is 5.07. The van der Waals surface area contributed by atoms with Crippen molar-refractivity contribution in [2.24, 2.45) is 0 Å². The minimum Gasteiger partial charge on any atom is -0.207 e. The van der Waals surface area contributed by atoms with Gasteiger partial charge < -0.3 is 0 Å². The Labute approximate surface area is 57.5 Å². The van der Waals surface area contributed by atoms with Crippen molar-refractivity contribution in [2.75, 3.05) is 0 Å². The van der Waals surface area contributed by atoms with Crippen LogP contribution in [-0.2, 0) is 0 Å². The largest absolute Gasteiger partial charge is 0.207 e. The van der Waals surface area contributed by atoms with Gasteiger partial charge in [-0.1, -0.05) is 5.92 Å². The summed E-state index contributed by atoms with van der Waals surface area (Å²) in [5.41, 5.74) is -0.0417. The lowest BCUT2D eigenvalue weighted by atomic mass is 10.2. The molecular weight excluding hydrogens is 134 g/mol. The van der Waals surface area contributed by atoms with Crippen molar-refractivity contribution >= 4 is 0 Å². The van der Waals surface area contributed by atoms with E-state index < -0.39 is 11.6 Å². The van der Waals surface area contributed by atoms with Crippen molar-refractivity contribution in [1.82, 2.24) is 0 Å². The molecule has 0 saturated heterocycles. The molecule has 0 bridgehead atoms. The Morgan fingerprint density at radius 2 is 2.00 bits per heavy atom. The highest BCUT2D eigenvalue weighted by Crippen LogP contribution is 2.07. The molecule has 0 fully saturated rings. The summed E-state index contributed by atoms with van der Waals surface area (Å²) in [5.74, 6) is 0.936. The van der Waals surface area contributed by atoms with Gasteiger partial charge in [-0.15, -0.1) is 6.42 Å². The van der Waals surface area contributed by atoms with Crippen molar-refractivity contribution in [1.29, 1.82) is 0 Å². The first-order valence-corrected chi connectivity index (χ1v) is 2.65. The molecule has 0 unspecified atom stereocenters. The molecule has 50 valence electrons. The van der Waals surface area contributed by atoms with Crippen LogP contribution in [0.5, 0.6) is 0 Å². The van der Waals surface area contributed by atoms with Gasteiger partial charge >= 0.3 is 0 Å². The Morgan fingerprint density at radius 1 is 1.30 bits per heavy atom. The van der Waals surface area contributed by atoms with Crippen LogP contribution < -0.4 is 0 Å². The summed E-state index contributed by atoms with van der Waals surface area (Å²) in [6.45, 7) is 0. The second-order valence-corrected chi connectivity index (χ2v) is 1.77. The average molecular weight is 138 g/mol. The molecular formula is C8H4F2. The maximum Gasteiger partial charge on any atom is 0.139 e. The third-order valence-corrected chi connectivity index (χ3v) is 1.08. The lowest BCUT2D eigenvalue weighted by Gasteiger charge is -1.91. The van der Waals surface area contributed by atoms with Crippen molar-refractivity contribution in [3.8, 4) is 12.3 Å². The van der Waals surface area contributed by atoms with E-state index in [9.17, 15) is 8.78 Å². The summed E-state index contributed by atoms with van der Waals surface area (Å²) in [7, 11) is 0. The van der Waals surface area contributed by atoms with Crippen molar-refractivity contribution in [3.63, 3.8) is 0 Å². The molecule has 1 aromatic carbocycles. The van der Waals surface area contributed by atoms with Gasteiger partial charge in [0.05, 0.1) is 5.56 Å². The first-order valence-electron chi connectivity index (χ1n) is 2.65. The lowest BCUT2D eigenvalue weighted by Crippen LogP contribution is -1.83. The number of benzene rings is 1. The van der Waals surface area contributed by atoms with Crippen LogP contribution in [0.15, 0.2) is 18.2 Å². The average Bonchev–Trinajstić information content (AvgIpc) is 1.94. The maximum absolute atomic E-state index is 12.5. The van der Waals surface area contributed by atoms with E-state index in [1.165, 1.54) is 0 Å². The van der Waals surface area contributed by atoms with Gasteiger partial charge in [0.1, 0.15) is 11.6 Å². The number of hydrogen-bond donors (Lipinski definition) is 0. The van der Waals surface area contributed by atoms with E-state index in [1.54, 1.807) is 0 Å². The number of terminal acetylenes is 1. The third-order valence-electron chi connectivity index (χ3n) is 1.08. The van der Waals surface area contributed by atoms with Crippen LogP contribution >= 0.6 is 0 Å². The summed E-state index contributed by atoms with van der Waals surface area (Å²) >= 11 is 0. The van der Waals surface area contributed by atoms with E-state index in [0.717, 1.165) is 18.2 Å². The topological polar surface area (TPSA) is 0 Å². The summed E-state index contributed by atoms with van der Waals surface area (Å²) in [4.78, 5) is 0. The Hall–Kier alpha value is -1.36. The molecule has 0 aromatic heterocycles. The molecule has 0 aliphatic carbocycles. The maximum atomic E-state index is 12.5. The molecule has 0 aliphatic rings. The third kappa shape index (κ3) is 1.14. The lowest BCUT2D eigenvalue weighted by molar-refractivity contribution is 0.597. The normalized spacial score (nSPS) is 8.90. The second kappa shape index (κ2) is 2.49. The van der Waals surface area contributed by atoms with Crippen LogP contribution in [0.3, 0.4) is 0 Å². The van der Waals surface area contributed by atoms with Gasteiger partial charge in [0.25, 0.3) is 0 Å². The SMILES string of the molecule is C#Cc1cc(F)ccc1F. The highest BCUT2D eigenvalue weighted by Gasteiger charge is 1.98. The van der Waals surface area contributed by atoms with Crippen molar-refractivity contribution < 1.29 is 8.78 Å². The van der Waals surface area contributed by atoms with E-state index in [4.69, 9.17) is 6.42 Å². The molecule has 0 saturated carbocycles. The standard InChI is InChI=1S/C8H4F2/c1-2-6-5-7(9)3-4-8(6)10/h1,3-5H. The van der Waals surface area contributed by atoms with Crippen LogP contribution in [0.4, 0.5) is 8.78 Å². The number of halogens is 2. The Bertz CT molecular complexity index is 284. The highest BCUT2D eigenvalue weighted by atomic mass is 19.1. The van der Waals surface area contributed by atoms with E-state index >= 15 is 0 Å². The van der Waals surface area contributed by atoms with Gasteiger partial charge in [-0.3, -0.25) is 0 Å². The monoisotopic (exact) mass is 138 g/mol. The molecule has 0 nitrogen and oxygen atoms in total. The molecule has 1 rings (SSSR count). The quantitative estimate of drug-likeness (QED) is 0.480. The molecule has 0 N–H and O–H groups in total. The molecule has 0 radical (unpaired) electrons. The molecule has 2 heteroatoms. The molecule has 0 heterocycles. The predicted molar refractivity (Wildman–Crippen MR) is 34.3 cm³/mol. The summed E-state index contributed by atoms with van der Waals surface area (Å²) < 4.78 is 24.7. The Morgan fingerprint density at radius 3 is 2.50 bits per heavy atom. The minimum absolute atomic E-state index is 0.0417. The zero-order valence-electron chi connectivity index (χ0n) is 5.07. The Balaban J connectivity index is 3.25. The van der Waals surface area contributed by atoms with Crippen LogP contribution in [0.1, 0.15) is 5.56 Å². The fraction of sp³-hybridized carbons (Fsp3) is 0. The van der Waals surface area contributed by atoms with Gasteiger partial charge in [-0.2, -0.15) is 0 Å². The van der Waals surface area contributed by atoms with E-state index in [-0.39, 0.29) is 5.56 Å². The number of hydrogen-bond acceptors (Lipinski definition) is 0. The highest BCUT2D eigenvalue weighted by molar-refractivity contribution is 5.33. The fourth-order valence-corrected chi connectivity index (χ4v) is 0.608. The van der Waals surface area contributed by atoms with Crippen molar-refractivity contribution in [2.45, 2.75) is 0 Å². The molecule has 10 heavy (non-hydrogen) atoms. The number of rotatable bonds is 0. The van der Waals surface area contributed by atoms with Crippen LogP contribution in [0.2, 0.25) is 0 Å². The van der Waals surface area contributed by atoms with Gasteiger partial charge in [0.15, 0.2) is 0 Å². The van der Waals surface area contributed by atoms with Crippen LogP contribution in [0.25, 0.3) is 0 Å². The first-order chi connectivity index (χ1) is 4.74. The van der Waals surface area contributed by atoms with Crippen LogP contribution in [0, 0.1) is 24.0 Å². The molecule has 0 aliphatic heterocycles. The van der Waals surface area contributed by atoms with Gasteiger partial charge in [-0.25, -0.2) is 8.78 Å². The predicted octanol–water partition coefficient (Wildman–Crippen LogP) is 1.95. The van der Waals surface area contributed by atoms with Gasteiger partial charge in [0.2, 0.25) is 0 Å². The minimum atomic E-state index is -0.566. The van der Waals surface area contributed by atoms with Gasteiger partial charge in [0, 0.05) is 0 Å². The van der Waals surface area contributed by atoms with E-state index in [0.29, 0.717) is 0 Å². The summed E-state index contributed by atoms with van der Waals surface area (Å²) in [5, 5.41) is 0. The van der Waals surface area contributed by atoms with E-state index in [1.807, 2.05) is 5.92 Å². The van der Waals surface area contributed by atoms with E-state index in [2.05, 4.69) is 0 Å². The van der Waals surface area contributed by atoms with Crippen LogP contribution in [-0.4, -0.2) is 0 Å². The molecule has 1 aromatic rings. The summed E-state index contributed by atoms with van der Waals surface area (Å²) in [6.07, 6.45) is 4.86. The molecule has 0 spiro atoms. The molecule has 0 atom stereocenters. The van der Waals surface area contributed by atoms with Crippen molar-refractivity contribution in [3.05, 3.63) is 35.4 Å². The summed E-state index contributed by atoms with van der Waals surface area (Å²) in [6, 6.07) is 3.01. The molecule has 0 amide bonds.